The molecule has 1 aliphatic heterocycles. The molecule has 1 atom stereocenters. The summed E-state index contributed by atoms with van der Waals surface area (Å²) in [6.45, 7) is 5.69. The molecule has 0 amide bonds. The van der Waals surface area contributed by atoms with Crippen molar-refractivity contribution in [1.29, 1.82) is 5.26 Å². The van der Waals surface area contributed by atoms with E-state index in [1.54, 1.807) is 6.20 Å². The standard InChI is InChI=1S/C20H21N5O/c1-13(2)25-20-18(23-15-7-8-26-12-15)9-17(24-19(20)11-22-25)16-6-4-3-5-14(16)10-21/h3-6,9,11,13,15H,7-8,12H2,1-2H3,(H,23,24)/t15-/m1/s1. The van der Waals surface area contributed by atoms with Gasteiger partial charge in [-0.1, -0.05) is 18.2 Å². The number of rotatable bonds is 4. The minimum Gasteiger partial charge on any atom is -0.379 e. The van der Waals surface area contributed by atoms with Gasteiger partial charge in [0.15, 0.2) is 0 Å². The van der Waals surface area contributed by atoms with Crippen LogP contribution in [0.1, 0.15) is 31.9 Å². The molecule has 0 saturated carbocycles. The molecule has 4 rings (SSSR count). The molecular formula is C20H21N5O. The van der Waals surface area contributed by atoms with Crippen LogP contribution < -0.4 is 5.32 Å². The summed E-state index contributed by atoms with van der Waals surface area (Å²) in [5, 5.41) is 17.6. The van der Waals surface area contributed by atoms with E-state index in [2.05, 4.69) is 30.3 Å². The van der Waals surface area contributed by atoms with E-state index in [-0.39, 0.29) is 12.1 Å². The maximum Gasteiger partial charge on any atom is 0.111 e. The van der Waals surface area contributed by atoms with Gasteiger partial charge in [-0.15, -0.1) is 0 Å². The van der Waals surface area contributed by atoms with Crippen molar-refractivity contribution in [2.75, 3.05) is 18.5 Å². The number of hydrogen-bond donors (Lipinski definition) is 1. The van der Waals surface area contributed by atoms with Crippen molar-refractivity contribution in [3.8, 4) is 17.3 Å². The highest BCUT2D eigenvalue weighted by Crippen LogP contribution is 2.32. The van der Waals surface area contributed by atoms with Crippen LogP contribution in [0.15, 0.2) is 36.5 Å². The molecule has 0 radical (unpaired) electrons. The van der Waals surface area contributed by atoms with E-state index in [1.165, 1.54) is 0 Å². The first-order valence-electron chi connectivity index (χ1n) is 8.89. The Kier molecular flexibility index (Phi) is 4.31. The minimum atomic E-state index is 0.229. The molecule has 132 valence electrons. The number of nitrogens with zero attached hydrogens (tertiary/aromatic N) is 4. The first kappa shape index (κ1) is 16.6. The van der Waals surface area contributed by atoms with Crippen molar-refractivity contribution < 1.29 is 4.74 Å². The van der Waals surface area contributed by atoms with Crippen LogP contribution in [0, 0.1) is 11.3 Å². The van der Waals surface area contributed by atoms with Crippen LogP contribution in [0.25, 0.3) is 22.3 Å². The van der Waals surface area contributed by atoms with Gasteiger partial charge in [0.1, 0.15) is 11.0 Å². The van der Waals surface area contributed by atoms with Gasteiger partial charge in [0, 0.05) is 18.2 Å². The number of nitrogens with one attached hydrogen (secondary N) is 1. The summed E-state index contributed by atoms with van der Waals surface area (Å²) in [5.41, 5.74) is 5.03. The van der Waals surface area contributed by atoms with Crippen LogP contribution in [-0.4, -0.2) is 34.0 Å². The molecular weight excluding hydrogens is 326 g/mol. The van der Waals surface area contributed by atoms with E-state index in [1.807, 2.05) is 35.0 Å². The summed E-state index contributed by atoms with van der Waals surface area (Å²) < 4.78 is 7.49. The smallest absolute Gasteiger partial charge is 0.111 e. The van der Waals surface area contributed by atoms with Crippen LogP contribution in [-0.2, 0) is 4.74 Å². The minimum absolute atomic E-state index is 0.229. The molecule has 1 N–H and O–H groups in total. The third-order valence-electron chi connectivity index (χ3n) is 4.66. The monoisotopic (exact) mass is 347 g/mol. The first-order valence-corrected chi connectivity index (χ1v) is 8.89. The van der Waals surface area contributed by atoms with Crippen LogP contribution in [0.3, 0.4) is 0 Å². The molecule has 0 unspecified atom stereocenters. The number of benzene rings is 1. The Bertz CT molecular complexity index is 980. The second-order valence-electron chi connectivity index (χ2n) is 6.83. The number of pyridine rings is 1. The lowest BCUT2D eigenvalue weighted by Crippen LogP contribution is -2.20. The number of aromatic nitrogens is 3. The lowest BCUT2D eigenvalue weighted by atomic mass is 10.0. The fraction of sp³-hybridized carbons (Fsp3) is 0.350. The molecule has 1 aromatic carbocycles. The van der Waals surface area contributed by atoms with E-state index < -0.39 is 0 Å². The molecule has 1 fully saturated rings. The fourth-order valence-corrected chi connectivity index (χ4v) is 3.38. The SMILES string of the molecule is CC(C)n1ncc2nc(-c3ccccc3C#N)cc(N[C@@H]3CCOC3)c21. The molecule has 26 heavy (non-hydrogen) atoms. The van der Waals surface area contributed by atoms with Crippen molar-refractivity contribution in [3.63, 3.8) is 0 Å². The molecule has 0 bridgehead atoms. The molecule has 3 heterocycles. The van der Waals surface area contributed by atoms with Gasteiger partial charge in [-0.25, -0.2) is 4.98 Å². The van der Waals surface area contributed by atoms with Gasteiger partial charge >= 0.3 is 0 Å². The van der Waals surface area contributed by atoms with E-state index in [0.717, 1.165) is 41.0 Å². The maximum absolute atomic E-state index is 9.44. The number of nitriles is 1. The Morgan fingerprint density at radius 3 is 2.92 bits per heavy atom. The van der Waals surface area contributed by atoms with Crippen molar-refractivity contribution in [2.24, 2.45) is 0 Å². The van der Waals surface area contributed by atoms with Crippen LogP contribution >= 0.6 is 0 Å². The summed E-state index contributed by atoms with van der Waals surface area (Å²) in [6.07, 6.45) is 2.77. The summed E-state index contributed by atoms with van der Waals surface area (Å²) in [6, 6.07) is 12.3. The molecule has 0 aliphatic carbocycles. The van der Waals surface area contributed by atoms with E-state index >= 15 is 0 Å². The zero-order valence-corrected chi connectivity index (χ0v) is 14.9. The largest absolute Gasteiger partial charge is 0.379 e. The van der Waals surface area contributed by atoms with Crippen molar-refractivity contribution >= 4 is 16.7 Å². The van der Waals surface area contributed by atoms with Crippen molar-refractivity contribution in [3.05, 3.63) is 42.1 Å². The van der Waals surface area contributed by atoms with Gasteiger partial charge < -0.3 is 10.1 Å². The molecule has 1 saturated heterocycles. The summed E-state index contributed by atoms with van der Waals surface area (Å²) >= 11 is 0. The average molecular weight is 347 g/mol. The maximum atomic E-state index is 9.44. The number of ether oxygens (including phenoxy) is 1. The van der Waals surface area contributed by atoms with Gasteiger partial charge in [0.2, 0.25) is 0 Å². The predicted octanol–water partition coefficient (Wildman–Crippen LogP) is 3.75. The lowest BCUT2D eigenvalue weighted by Gasteiger charge is -2.17. The van der Waals surface area contributed by atoms with Gasteiger partial charge in [-0.05, 0) is 32.4 Å². The first-order chi connectivity index (χ1) is 12.7. The summed E-state index contributed by atoms with van der Waals surface area (Å²) in [4.78, 5) is 4.79. The molecule has 2 aromatic heterocycles. The Morgan fingerprint density at radius 2 is 2.19 bits per heavy atom. The molecule has 3 aromatic rings. The third-order valence-corrected chi connectivity index (χ3v) is 4.66. The quantitative estimate of drug-likeness (QED) is 0.778. The average Bonchev–Trinajstić information content (AvgIpc) is 3.31. The number of anilines is 1. The lowest BCUT2D eigenvalue weighted by molar-refractivity contribution is 0.195. The predicted molar refractivity (Wildman–Crippen MR) is 101 cm³/mol. The van der Waals surface area contributed by atoms with Crippen LogP contribution in [0.2, 0.25) is 0 Å². The molecule has 1 aliphatic rings. The molecule has 0 spiro atoms. The van der Waals surface area contributed by atoms with Crippen molar-refractivity contribution in [1.82, 2.24) is 14.8 Å². The Morgan fingerprint density at radius 1 is 1.35 bits per heavy atom. The van der Waals surface area contributed by atoms with E-state index in [4.69, 9.17) is 9.72 Å². The highest BCUT2D eigenvalue weighted by atomic mass is 16.5. The Balaban J connectivity index is 1.89. The van der Waals surface area contributed by atoms with Gasteiger partial charge in [0.05, 0.1) is 41.9 Å². The second kappa shape index (κ2) is 6.77. The van der Waals surface area contributed by atoms with Gasteiger partial charge in [-0.3, -0.25) is 4.68 Å². The Hall–Kier alpha value is -2.91. The summed E-state index contributed by atoms with van der Waals surface area (Å²) in [7, 11) is 0. The van der Waals surface area contributed by atoms with Crippen molar-refractivity contribution in [2.45, 2.75) is 32.4 Å². The number of fused-ring (bicyclic) bond motifs is 1. The van der Waals surface area contributed by atoms with Gasteiger partial charge in [-0.2, -0.15) is 10.4 Å². The van der Waals surface area contributed by atoms with Crippen LogP contribution in [0.5, 0.6) is 0 Å². The number of hydrogen-bond acceptors (Lipinski definition) is 5. The summed E-state index contributed by atoms with van der Waals surface area (Å²) in [5.74, 6) is 0. The van der Waals surface area contributed by atoms with E-state index in [0.29, 0.717) is 12.2 Å². The molecule has 6 heteroatoms. The second-order valence-corrected chi connectivity index (χ2v) is 6.83. The van der Waals surface area contributed by atoms with E-state index in [9.17, 15) is 5.26 Å². The van der Waals surface area contributed by atoms with Gasteiger partial charge in [0.25, 0.3) is 0 Å². The fourth-order valence-electron chi connectivity index (χ4n) is 3.38. The topological polar surface area (TPSA) is 75.8 Å². The highest BCUT2D eigenvalue weighted by Gasteiger charge is 2.20. The normalized spacial score (nSPS) is 16.9. The zero-order chi connectivity index (χ0) is 18.1. The zero-order valence-electron chi connectivity index (χ0n) is 14.9. The highest BCUT2D eigenvalue weighted by molar-refractivity contribution is 5.91. The van der Waals surface area contributed by atoms with Crippen LogP contribution in [0.4, 0.5) is 5.69 Å². The third kappa shape index (κ3) is 2.91. The molecule has 6 nitrogen and oxygen atoms in total. The Labute approximate surface area is 152 Å².